The van der Waals surface area contributed by atoms with E-state index in [0.29, 0.717) is 44.5 Å². The average molecular weight is 1490 g/mol. The number of benzene rings is 10. The van der Waals surface area contributed by atoms with Crippen molar-refractivity contribution in [1.29, 1.82) is 0 Å². The topological polar surface area (TPSA) is 45.2 Å². The minimum Gasteiger partial charge on any atom is -0.232 e. The molecule has 0 N–H and O–H groups in total. The van der Waals surface area contributed by atoms with Gasteiger partial charge in [0.25, 0.3) is 12.7 Å². The van der Waals surface area contributed by atoms with E-state index in [1.807, 2.05) is 265 Å². The second kappa shape index (κ2) is 34.1. The van der Waals surface area contributed by atoms with Gasteiger partial charge in [-0.3, -0.25) is 0 Å². The van der Waals surface area contributed by atoms with Crippen molar-refractivity contribution in [2.24, 2.45) is 41.2 Å². The monoisotopic (exact) mass is 1490 g/mol. The molecule has 0 bridgehead atoms. The van der Waals surface area contributed by atoms with E-state index in [2.05, 4.69) is 90.9 Å². The van der Waals surface area contributed by atoms with Crippen LogP contribution in [-0.2, 0) is 41.6 Å². The van der Waals surface area contributed by atoms with Crippen LogP contribution in [0.4, 0.5) is 4.39 Å². The maximum Gasteiger partial charge on any atom is 0.287 e. The van der Waals surface area contributed by atoms with Crippen molar-refractivity contribution in [3.63, 3.8) is 0 Å². The molecule has 1 unspecified atom stereocenters. The highest BCUT2D eigenvalue weighted by atomic mass is 19.1. The summed E-state index contributed by atoms with van der Waals surface area (Å²) in [6.07, 6.45) is 8.10. The van der Waals surface area contributed by atoms with Crippen molar-refractivity contribution >= 4 is 54.1 Å². The first-order chi connectivity index (χ1) is 58.9. The molecule has 0 saturated heterocycles. The summed E-state index contributed by atoms with van der Waals surface area (Å²) in [6, 6.07) is 57.1. The third kappa shape index (κ3) is 17.5. The van der Waals surface area contributed by atoms with E-state index < -0.39 is 45.6 Å². The molecule has 10 aromatic carbocycles. The Hall–Kier alpha value is -11.0. The maximum atomic E-state index is 14.1. The molecule has 15 rings (SSSR count). The summed E-state index contributed by atoms with van der Waals surface area (Å²) in [5.74, 6) is -2.65. The van der Waals surface area contributed by atoms with Gasteiger partial charge in [0.1, 0.15) is 38.3 Å². The van der Waals surface area contributed by atoms with Crippen LogP contribution in [0.25, 0.3) is 110 Å². The van der Waals surface area contributed by atoms with Crippen molar-refractivity contribution in [2.75, 3.05) is 0 Å². The van der Waals surface area contributed by atoms with E-state index in [0.717, 1.165) is 133 Å². The number of halogens is 1. The molecule has 15 aromatic rings. The highest BCUT2D eigenvalue weighted by Gasteiger charge is 2.25. The summed E-state index contributed by atoms with van der Waals surface area (Å²) < 4.78 is 152. The predicted molar refractivity (Wildman–Crippen MR) is 466 cm³/mol. The number of para-hydroxylation sites is 2. The highest BCUT2D eigenvalue weighted by molar-refractivity contribution is 5.97. The lowest BCUT2D eigenvalue weighted by Gasteiger charge is -2.13. The van der Waals surface area contributed by atoms with Crippen molar-refractivity contribution in [3.8, 4) is 56.3 Å². The Kier molecular flexibility index (Phi) is 19.0. The van der Waals surface area contributed by atoms with E-state index in [-0.39, 0.29) is 11.7 Å². The van der Waals surface area contributed by atoms with Gasteiger partial charge in [0.2, 0.25) is 17.1 Å². The molecule has 0 amide bonds. The molecule has 8 heteroatoms. The van der Waals surface area contributed by atoms with Gasteiger partial charge in [0.05, 0.1) is 57.7 Å². The first-order valence-electron chi connectivity index (χ1n) is 45.9. The molecule has 7 nitrogen and oxygen atoms in total. The molecule has 111 heavy (non-hydrogen) atoms. The number of nitrogens with zero attached hydrogens (tertiary/aromatic N) is 7. The van der Waals surface area contributed by atoms with Crippen molar-refractivity contribution in [2.45, 2.75) is 163 Å². The third-order valence-corrected chi connectivity index (χ3v) is 21.4. The van der Waals surface area contributed by atoms with Crippen molar-refractivity contribution in [1.82, 2.24) is 9.97 Å². The smallest absolute Gasteiger partial charge is 0.232 e. The van der Waals surface area contributed by atoms with E-state index in [4.69, 9.17) is 21.9 Å². The molecule has 0 aliphatic rings. The quantitative estimate of drug-likeness (QED) is 0.135. The number of pyridine rings is 3. The number of fused-ring (bicyclic) bond motifs is 5. The van der Waals surface area contributed by atoms with E-state index >= 15 is 0 Å². The van der Waals surface area contributed by atoms with Gasteiger partial charge in [-0.25, -0.2) is 27.2 Å². The van der Waals surface area contributed by atoms with Gasteiger partial charge in [0, 0.05) is 51.3 Å². The van der Waals surface area contributed by atoms with Gasteiger partial charge in [-0.1, -0.05) is 149 Å². The van der Waals surface area contributed by atoms with E-state index in [9.17, 15) is 4.39 Å². The second-order valence-corrected chi connectivity index (χ2v) is 30.6. The van der Waals surface area contributed by atoms with E-state index in [1.165, 1.54) is 40.3 Å². The van der Waals surface area contributed by atoms with Crippen LogP contribution in [-0.4, -0.2) is 9.97 Å². The number of hydrogen-bond donors (Lipinski definition) is 0. The fraction of sp³-hybridized carbons (Fsp3) is 0.291. The van der Waals surface area contributed by atoms with Gasteiger partial charge in [-0.15, -0.1) is 0 Å². The summed E-state index contributed by atoms with van der Waals surface area (Å²) in [4.78, 5) is 8.95. The molecule has 5 aromatic heterocycles. The number of aryl methyl sites for hydroxylation is 14. The first kappa shape index (κ1) is 61.8. The number of aromatic nitrogens is 7. The molecule has 1 atom stereocenters. The Labute approximate surface area is 684 Å². The van der Waals surface area contributed by atoms with Crippen LogP contribution in [0.2, 0.25) is 0 Å². The minimum absolute atomic E-state index is 0.114. The summed E-state index contributed by atoms with van der Waals surface area (Å²) in [5, 5.41) is 7.98. The van der Waals surface area contributed by atoms with Gasteiger partial charge in [-0.05, 0) is 305 Å². The van der Waals surface area contributed by atoms with Crippen molar-refractivity contribution < 1.29 is 49.2 Å². The highest BCUT2D eigenvalue weighted by Crippen LogP contribution is 2.38. The largest absolute Gasteiger partial charge is 0.287 e. The summed E-state index contributed by atoms with van der Waals surface area (Å²) in [6.45, 7) is 23.4. The lowest BCUT2D eigenvalue weighted by Crippen LogP contribution is -2.32. The van der Waals surface area contributed by atoms with E-state index in [1.54, 1.807) is 30.3 Å². The van der Waals surface area contributed by atoms with Crippen molar-refractivity contribution in [3.05, 3.63) is 313 Å². The van der Waals surface area contributed by atoms with Crippen LogP contribution in [0.3, 0.4) is 0 Å². The van der Waals surface area contributed by atoms with Gasteiger partial charge >= 0.3 is 0 Å². The Morgan fingerprint density at radius 3 is 1.09 bits per heavy atom. The minimum atomic E-state index is -2.45. The summed E-state index contributed by atoms with van der Waals surface area (Å²) >= 11 is 0. The third-order valence-electron chi connectivity index (χ3n) is 21.4. The fourth-order valence-electron chi connectivity index (χ4n) is 15.0. The van der Waals surface area contributed by atoms with Gasteiger partial charge in [0.15, 0.2) is 29.6 Å². The number of rotatable bonds is 9. The normalized spacial score (nSPS) is 14.6. The zero-order valence-corrected chi connectivity index (χ0v) is 68.7. The Bertz CT molecular complexity index is 6770. The molecular weight excluding hydrogens is 1350 g/mol. The summed E-state index contributed by atoms with van der Waals surface area (Å²) in [5.41, 5.74) is 26.5. The molecule has 0 radical (unpaired) electrons. The molecule has 0 saturated carbocycles. The molecule has 0 spiro atoms. The molecule has 566 valence electrons. The van der Waals surface area contributed by atoms with Crippen LogP contribution in [0, 0.1) is 115 Å². The maximum absolute atomic E-state index is 14.1. The van der Waals surface area contributed by atoms with Crippen LogP contribution in [0.5, 0.6) is 0 Å². The van der Waals surface area contributed by atoms with Crippen LogP contribution in [0.1, 0.15) is 175 Å². The first-order valence-corrected chi connectivity index (χ1v) is 37.9. The van der Waals surface area contributed by atoms with Crippen LogP contribution in [0.15, 0.2) is 207 Å². The Morgan fingerprint density at radius 1 is 0.351 bits per heavy atom. The SMILES string of the molecule is Cc1cc(-c2c3ccccc3nc[n+]2C)c(C)c(C)c1F.Cc1cc(C)c(C)c(-c2c3ccccc3nc[n+]2C)c1.[2H]C([2H])([2H])c1cc(C)cc(-c2c3ccc(C([2H])(C)C([2H])([2H])[2H])cc3cc[n+]2C)c1C.[2H]C([2H])([2H])c1cc(C)cc(-c2c3ccc(C([2H])(C)C)cc3cc[n+]2C)c1C.[2H]C([2H])([2H])c1cc(C)cc(-c2c3ccc(C([2H])([2H])C(C)C)cc3cc[n+]2C)c1C. The lowest BCUT2D eigenvalue weighted by molar-refractivity contribution is -0.662. The molecular formula is C103H117FN7+5. The zero-order chi connectivity index (χ0) is 93.9. The zero-order valence-electron chi connectivity index (χ0n) is 84.7. The van der Waals surface area contributed by atoms with Crippen LogP contribution >= 0.6 is 0 Å². The van der Waals surface area contributed by atoms with Crippen LogP contribution < -0.4 is 22.8 Å². The Balaban J connectivity index is 0.000000155. The average Bonchev–Trinajstić information content (AvgIpc) is 0.850. The van der Waals surface area contributed by atoms with Gasteiger partial charge < -0.3 is 0 Å². The summed E-state index contributed by atoms with van der Waals surface area (Å²) in [7, 11) is 9.87. The Morgan fingerprint density at radius 2 is 0.703 bits per heavy atom. The standard InChI is InChI=1S/C23H28N.2C22H26N.C18H18FN2.C18H19N2/c1-15(2)11-19-7-8-21-20(14-19)9-10-24(6)23(21)22-13-16(3)12-17(4)18(22)5;2*1-14(2)18-7-8-20-19(13-18)9-10-23(6)22(20)21-12-15(3)11-16(4)17(21)5;1-11-9-15(12(2)13(3)17(11)19)18-14-7-5-6-8-16(14)20-10-21(18)4;1-12-9-13(2)14(3)16(10-12)18-15-7-5-6-8-17(15)19-11-20(18)4/h7-10,12-15H,11H2,1-6H3;2*7-14H,1-6H3;5-10H,1-4H3;5-11H,1-4H3/q5*+1/i4D3,11D2;1D3,4D3,14D;4D3,14D;;. The molecule has 5 heterocycles. The fourth-order valence-corrected chi connectivity index (χ4v) is 15.0. The molecule has 0 fully saturated rings. The molecule has 0 aliphatic heterocycles. The number of hydrogen-bond acceptors (Lipinski definition) is 2. The van der Waals surface area contributed by atoms with Gasteiger partial charge in [-0.2, -0.15) is 0 Å². The second-order valence-electron chi connectivity index (χ2n) is 30.6. The lowest BCUT2D eigenvalue weighted by atomic mass is 9.93. The predicted octanol–water partition coefficient (Wildman–Crippen LogP) is 23.7. The molecule has 0 aliphatic carbocycles.